The van der Waals surface area contributed by atoms with E-state index in [1.165, 1.54) is 24.1 Å². The number of carbonyl (C=O) groups is 2. The third-order valence-electron chi connectivity index (χ3n) is 8.29. The second kappa shape index (κ2) is 12.7. The Bertz CT molecular complexity index is 1330. The van der Waals surface area contributed by atoms with Crippen molar-refractivity contribution >= 4 is 17.8 Å². The summed E-state index contributed by atoms with van der Waals surface area (Å²) in [5.74, 6) is -0.780. The molecule has 2 heterocycles. The van der Waals surface area contributed by atoms with E-state index < -0.39 is 58.8 Å². The molecule has 2 fully saturated rings. The maximum absolute atomic E-state index is 13.8. The van der Waals surface area contributed by atoms with Crippen molar-refractivity contribution in [3.63, 3.8) is 0 Å². The van der Waals surface area contributed by atoms with Gasteiger partial charge in [0.25, 0.3) is 0 Å². The van der Waals surface area contributed by atoms with Gasteiger partial charge in [-0.1, -0.05) is 12.1 Å². The van der Waals surface area contributed by atoms with Gasteiger partial charge in [-0.15, -0.1) is 0 Å². The molecule has 248 valence electrons. The van der Waals surface area contributed by atoms with Crippen molar-refractivity contribution in [2.24, 2.45) is 0 Å². The second-order valence-electron chi connectivity index (χ2n) is 12.6. The molecule has 14 heteroatoms. The van der Waals surface area contributed by atoms with Gasteiger partial charge in [0.2, 0.25) is 0 Å². The lowest BCUT2D eigenvalue weighted by Crippen LogP contribution is -2.49. The van der Waals surface area contributed by atoms with E-state index in [2.05, 4.69) is 4.90 Å². The number of urea groups is 1. The number of ether oxygens (including phenoxy) is 1. The van der Waals surface area contributed by atoms with Crippen LogP contribution in [0.2, 0.25) is 0 Å². The van der Waals surface area contributed by atoms with Gasteiger partial charge in [0, 0.05) is 57.9 Å². The summed E-state index contributed by atoms with van der Waals surface area (Å²) in [4.78, 5) is 32.1. The van der Waals surface area contributed by atoms with Crippen LogP contribution in [0, 0.1) is 5.82 Å². The van der Waals surface area contributed by atoms with E-state index in [4.69, 9.17) is 4.74 Å². The predicted molar refractivity (Wildman–Crippen MR) is 153 cm³/mol. The van der Waals surface area contributed by atoms with Crippen LogP contribution in [0.5, 0.6) is 0 Å². The lowest BCUT2D eigenvalue weighted by atomic mass is 9.93. The largest absolute Gasteiger partial charge is 0.444 e. The highest BCUT2D eigenvalue weighted by Crippen LogP contribution is 2.39. The number of piperidine rings is 1. The summed E-state index contributed by atoms with van der Waals surface area (Å²) >= 11 is 0. The quantitative estimate of drug-likeness (QED) is 0.330. The molecule has 0 bridgehead atoms. The number of likely N-dealkylation sites (N-methyl/N-ethyl adjacent to an activating group) is 1. The lowest BCUT2D eigenvalue weighted by molar-refractivity contribution is -0.143. The van der Waals surface area contributed by atoms with Crippen LogP contribution in [-0.4, -0.2) is 84.8 Å². The monoisotopic (exact) mass is 646 g/mol. The fourth-order valence-corrected chi connectivity index (χ4v) is 5.91. The molecular formula is C31H37F7N4O3. The third kappa shape index (κ3) is 8.19. The number of hydrogen-bond acceptors (Lipinski definition) is 4. The Morgan fingerprint density at radius 2 is 1.38 bits per heavy atom. The van der Waals surface area contributed by atoms with Crippen LogP contribution in [0.25, 0.3) is 0 Å². The van der Waals surface area contributed by atoms with Crippen LogP contribution < -0.4 is 4.90 Å². The summed E-state index contributed by atoms with van der Waals surface area (Å²) in [6.07, 6.45) is -9.27. The zero-order valence-electron chi connectivity index (χ0n) is 25.7. The summed E-state index contributed by atoms with van der Waals surface area (Å²) in [6.45, 7) is 7.09. The summed E-state index contributed by atoms with van der Waals surface area (Å²) in [7, 11) is 2.58. The van der Waals surface area contributed by atoms with Gasteiger partial charge >= 0.3 is 24.5 Å². The van der Waals surface area contributed by atoms with Crippen LogP contribution in [-0.2, 0) is 17.1 Å². The number of benzene rings is 2. The maximum atomic E-state index is 13.8. The minimum Gasteiger partial charge on any atom is -0.444 e. The van der Waals surface area contributed by atoms with Crippen molar-refractivity contribution in [1.82, 2.24) is 14.7 Å². The number of amides is 3. The number of carbonyl (C=O) groups excluding carboxylic acids is 2. The molecule has 0 radical (unpaired) electrons. The Labute approximate surface area is 257 Å². The van der Waals surface area contributed by atoms with Crippen LogP contribution in [0.15, 0.2) is 42.5 Å². The standard InChI is InChI=1S/C31H37F7N4O3/c1-29(2,3)45-28(44)41-12-10-23(11-13-41)42-17-25(19-6-8-22(32)9-7-19)26(18-42)40(5)27(43)39(4)24-15-20(30(33,34)35)14-21(16-24)31(36,37)38/h6-9,14-16,23,25-26H,10-13,17-18H2,1-5H3. The summed E-state index contributed by atoms with van der Waals surface area (Å²) in [5.41, 5.74) is -3.51. The lowest BCUT2D eigenvalue weighted by Gasteiger charge is -2.37. The number of nitrogens with zero attached hydrogens (tertiary/aromatic N) is 4. The average molecular weight is 647 g/mol. The highest BCUT2D eigenvalue weighted by atomic mass is 19.4. The number of anilines is 1. The van der Waals surface area contributed by atoms with Crippen LogP contribution in [0.4, 0.5) is 46.0 Å². The molecule has 0 spiro atoms. The SMILES string of the molecule is CN(C(=O)N(C)C1CN(C2CCN(C(=O)OC(C)(C)C)CC2)CC1c1ccc(F)cc1)c1cc(C(F)(F)F)cc(C(F)(F)F)c1. The first-order valence-corrected chi connectivity index (χ1v) is 14.5. The molecule has 2 unspecified atom stereocenters. The number of likely N-dealkylation sites (tertiary alicyclic amines) is 2. The van der Waals surface area contributed by atoms with E-state index >= 15 is 0 Å². The van der Waals surface area contributed by atoms with E-state index in [-0.39, 0.29) is 18.0 Å². The van der Waals surface area contributed by atoms with Crippen molar-refractivity contribution in [1.29, 1.82) is 0 Å². The van der Waals surface area contributed by atoms with Crippen molar-refractivity contribution in [3.8, 4) is 0 Å². The molecule has 0 aliphatic carbocycles. The Hall–Kier alpha value is -3.55. The average Bonchev–Trinajstić information content (AvgIpc) is 3.40. The van der Waals surface area contributed by atoms with Crippen LogP contribution in [0.3, 0.4) is 0 Å². The van der Waals surface area contributed by atoms with Gasteiger partial charge < -0.3 is 14.5 Å². The third-order valence-corrected chi connectivity index (χ3v) is 8.29. The van der Waals surface area contributed by atoms with E-state index in [0.717, 1.165) is 17.5 Å². The Morgan fingerprint density at radius 1 is 0.844 bits per heavy atom. The molecule has 0 saturated carbocycles. The molecule has 2 aliphatic rings. The number of alkyl halides is 6. The van der Waals surface area contributed by atoms with Crippen molar-refractivity contribution in [2.45, 2.75) is 69.6 Å². The van der Waals surface area contributed by atoms with E-state index in [9.17, 15) is 40.3 Å². The fraction of sp³-hybridized carbons (Fsp3) is 0.548. The smallest absolute Gasteiger partial charge is 0.416 e. The molecule has 2 aliphatic heterocycles. The minimum absolute atomic E-state index is 0.0130. The molecule has 2 atom stereocenters. The van der Waals surface area contributed by atoms with Gasteiger partial charge in [-0.25, -0.2) is 14.0 Å². The number of hydrogen-bond donors (Lipinski definition) is 0. The number of halogens is 7. The molecule has 0 N–H and O–H groups in total. The molecular weight excluding hydrogens is 609 g/mol. The zero-order chi connectivity index (χ0) is 33.5. The van der Waals surface area contributed by atoms with Crippen molar-refractivity contribution in [3.05, 3.63) is 65.0 Å². The maximum Gasteiger partial charge on any atom is 0.416 e. The first kappa shape index (κ1) is 34.3. The molecule has 2 saturated heterocycles. The van der Waals surface area contributed by atoms with Gasteiger partial charge in [-0.05, 0) is 69.5 Å². The summed E-state index contributed by atoms with van der Waals surface area (Å²) in [5, 5.41) is 0. The van der Waals surface area contributed by atoms with Crippen molar-refractivity contribution in [2.75, 3.05) is 45.2 Å². The first-order chi connectivity index (χ1) is 20.7. The topological polar surface area (TPSA) is 56.3 Å². The Kier molecular flexibility index (Phi) is 9.68. The van der Waals surface area contributed by atoms with Gasteiger partial charge in [0.1, 0.15) is 11.4 Å². The molecule has 2 aromatic carbocycles. The molecule has 7 nitrogen and oxygen atoms in total. The van der Waals surface area contributed by atoms with E-state index in [1.807, 2.05) is 0 Å². The molecule has 3 amide bonds. The molecule has 2 aromatic rings. The predicted octanol–water partition coefficient (Wildman–Crippen LogP) is 7.22. The number of rotatable bonds is 4. The van der Waals surface area contributed by atoms with Gasteiger partial charge in [-0.3, -0.25) is 9.80 Å². The van der Waals surface area contributed by atoms with Crippen LogP contribution >= 0.6 is 0 Å². The Morgan fingerprint density at radius 3 is 1.87 bits per heavy atom. The van der Waals surface area contributed by atoms with E-state index in [0.29, 0.717) is 51.2 Å². The normalized spacial score (nSPS) is 20.3. The highest BCUT2D eigenvalue weighted by molar-refractivity contribution is 5.92. The molecule has 0 aromatic heterocycles. The van der Waals surface area contributed by atoms with E-state index in [1.54, 1.807) is 37.8 Å². The fourth-order valence-electron chi connectivity index (χ4n) is 5.91. The summed E-state index contributed by atoms with van der Waals surface area (Å²) < 4.78 is 100. The van der Waals surface area contributed by atoms with Gasteiger partial charge in [-0.2, -0.15) is 26.3 Å². The Balaban J connectivity index is 1.56. The molecule has 4 rings (SSSR count). The van der Waals surface area contributed by atoms with Crippen molar-refractivity contribution < 1.29 is 45.1 Å². The van der Waals surface area contributed by atoms with Gasteiger partial charge in [0.15, 0.2) is 0 Å². The second-order valence-corrected chi connectivity index (χ2v) is 12.6. The minimum atomic E-state index is -5.06. The van der Waals surface area contributed by atoms with Crippen LogP contribution in [0.1, 0.15) is 56.2 Å². The highest BCUT2D eigenvalue weighted by Gasteiger charge is 2.43. The first-order valence-electron chi connectivity index (χ1n) is 14.5. The summed E-state index contributed by atoms with van der Waals surface area (Å²) in [6, 6.07) is 5.53. The van der Waals surface area contributed by atoms with Gasteiger partial charge in [0.05, 0.1) is 17.2 Å². The molecule has 45 heavy (non-hydrogen) atoms. The zero-order valence-corrected chi connectivity index (χ0v) is 25.7.